The maximum absolute atomic E-state index is 10.9. The molecule has 0 spiro atoms. The van der Waals surface area contributed by atoms with Gasteiger partial charge in [0.1, 0.15) is 5.60 Å². The zero-order valence-electron chi connectivity index (χ0n) is 15.1. The van der Waals surface area contributed by atoms with Crippen molar-refractivity contribution in [2.75, 3.05) is 0 Å². The smallest absolute Gasteiger partial charge is 0.129 e. The Balaban J connectivity index is 2.45. The Kier molecular flexibility index (Phi) is 10.5. The lowest BCUT2D eigenvalue weighted by molar-refractivity contribution is 0.0894. The van der Waals surface area contributed by atoms with Gasteiger partial charge in [-0.2, -0.15) is 0 Å². The van der Waals surface area contributed by atoms with Crippen LogP contribution in [0.15, 0.2) is 30.3 Å². The Morgan fingerprint density at radius 2 is 1.52 bits per heavy atom. The minimum atomic E-state index is -0.862. The van der Waals surface area contributed by atoms with Crippen LogP contribution in [0, 0.1) is 11.8 Å². The van der Waals surface area contributed by atoms with Gasteiger partial charge in [-0.3, -0.25) is 0 Å². The number of hydrogen-bond acceptors (Lipinski definition) is 1. The normalized spacial score (nSPS) is 13.2. The van der Waals surface area contributed by atoms with Crippen LogP contribution in [0.4, 0.5) is 0 Å². The molecule has 0 aliphatic carbocycles. The summed E-state index contributed by atoms with van der Waals surface area (Å²) in [5, 5.41) is 10.9. The number of hydrogen-bond donors (Lipinski definition) is 1. The third-order valence-electron chi connectivity index (χ3n) is 4.26. The second-order valence-corrected chi connectivity index (χ2v) is 6.62. The Hall–Kier alpha value is -1.26. The highest BCUT2D eigenvalue weighted by Crippen LogP contribution is 2.20. The van der Waals surface area contributed by atoms with Gasteiger partial charge in [-0.25, -0.2) is 0 Å². The van der Waals surface area contributed by atoms with E-state index in [1.54, 1.807) is 0 Å². The second-order valence-electron chi connectivity index (χ2n) is 6.62. The molecule has 1 rings (SSSR count). The van der Waals surface area contributed by atoms with E-state index in [0.29, 0.717) is 6.42 Å². The first-order chi connectivity index (χ1) is 11.2. The molecule has 1 unspecified atom stereocenters. The van der Waals surface area contributed by atoms with Crippen LogP contribution in [0.5, 0.6) is 0 Å². The van der Waals surface area contributed by atoms with Crippen molar-refractivity contribution in [1.82, 2.24) is 0 Å². The standard InChI is InChI=1S/C22H34O/c1-3-5-7-8-9-10-11-15-19-22(23,18-6-4-2)20-21-16-13-12-14-17-21/h12-14,16-17,23H,3-11,18,20H2,1-2H3. The fraction of sp³-hybridized carbons (Fsp3) is 0.636. The summed E-state index contributed by atoms with van der Waals surface area (Å²) < 4.78 is 0. The molecule has 1 N–H and O–H groups in total. The predicted octanol–water partition coefficient (Wildman–Crippen LogP) is 5.90. The van der Waals surface area contributed by atoms with Crippen LogP contribution in [0.1, 0.15) is 83.6 Å². The molecule has 1 aromatic rings. The lowest BCUT2D eigenvalue weighted by atomic mass is 9.89. The number of aliphatic hydroxyl groups is 1. The predicted molar refractivity (Wildman–Crippen MR) is 100 cm³/mol. The van der Waals surface area contributed by atoms with Gasteiger partial charge in [0.2, 0.25) is 0 Å². The summed E-state index contributed by atoms with van der Waals surface area (Å²) in [5.74, 6) is 6.43. The van der Waals surface area contributed by atoms with Crippen molar-refractivity contribution in [1.29, 1.82) is 0 Å². The lowest BCUT2D eigenvalue weighted by Crippen LogP contribution is -2.29. The Morgan fingerprint density at radius 1 is 0.870 bits per heavy atom. The molecule has 0 amide bonds. The van der Waals surface area contributed by atoms with Crippen molar-refractivity contribution >= 4 is 0 Å². The fourth-order valence-corrected chi connectivity index (χ4v) is 2.82. The highest BCUT2D eigenvalue weighted by atomic mass is 16.3. The molecule has 128 valence electrons. The largest absolute Gasteiger partial charge is 0.377 e. The first kappa shape index (κ1) is 19.8. The van der Waals surface area contributed by atoms with E-state index in [0.717, 1.165) is 32.1 Å². The van der Waals surface area contributed by atoms with Gasteiger partial charge in [-0.15, -0.1) is 5.92 Å². The van der Waals surface area contributed by atoms with Crippen LogP contribution in [-0.2, 0) is 6.42 Å². The van der Waals surface area contributed by atoms with E-state index in [1.165, 1.54) is 37.7 Å². The van der Waals surface area contributed by atoms with Crippen LogP contribution < -0.4 is 0 Å². The van der Waals surface area contributed by atoms with E-state index in [1.807, 2.05) is 18.2 Å². The topological polar surface area (TPSA) is 20.2 Å². The second kappa shape index (κ2) is 12.2. The molecule has 0 aromatic heterocycles. The van der Waals surface area contributed by atoms with Crippen molar-refractivity contribution in [3.05, 3.63) is 35.9 Å². The van der Waals surface area contributed by atoms with Crippen molar-refractivity contribution < 1.29 is 5.11 Å². The average molecular weight is 315 g/mol. The van der Waals surface area contributed by atoms with Crippen LogP contribution in [0.3, 0.4) is 0 Å². The molecule has 1 aromatic carbocycles. The quantitative estimate of drug-likeness (QED) is 0.398. The molecule has 0 radical (unpaired) electrons. The van der Waals surface area contributed by atoms with Gasteiger partial charge in [0.15, 0.2) is 0 Å². The molecule has 0 aliphatic heterocycles. The van der Waals surface area contributed by atoms with Crippen LogP contribution in [-0.4, -0.2) is 10.7 Å². The summed E-state index contributed by atoms with van der Waals surface area (Å²) in [6.45, 7) is 4.40. The van der Waals surface area contributed by atoms with Gasteiger partial charge in [0.05, 0.1) is 0 Å². The average Bonchev–Trinajstić information content (AvgIpc) is 2.56. The molecule has 1 nitrogen and oxygen atoms in total. The van der Waals surface area contributed by atoms with Gasteiger partial charge >= 0.3 is 0 Å². The minimum absolute atomic E-state index is 0.636. The van der Waals surface area contributed by atoms with Gasteiger partial charge in [-0.1, -0.05) is 88.6 Å². The Bertz CT molecular complexity index is 454. The van der Waals surface area contributed by atoms with Crippen LogP contribution in [0.25, 0.3) is 0 Å². The molecule has 0 fully saturated rings. The van der Waals surface area contributed by atoms with Crippen molar-refractivity contribution in [3.8, 4) is 11.8 Å². The summed E-state index contributed by atoms with van der Waals surface area (Å²) in [6, 6.07) is 10.2. The summed E-state index contributed by atoms with van der Waals surface area (Å²) >= 11 is 0. The molecule has 0 saturated carbocycles. The summed E-state index contributed by atoms with van der Waals surface area (Å²) in [6.07, 6.45) is 12.2. The van der Waals surface area contributed by atoms with Crippen LogP contribution in [0.2, 0.25) is 0 Å². The van der Waals surface area contributed by atoms with E-state index < -0.39 is 5.60 Å². The Morgan fingerprint density at radius 3 is 2.22 bits per heavy atom. The van der Waals surface area contributed by atoms with Gasteiger partial charge < -0.3 is 5.11 Å². The maximum Gasteiger partial charge on any atom is 0.129 e. The highest BCUT2D eigenvalue weighted by Gasteiger charge is 2.23. The minimum Gasteiger partial charge on any atom is -0.377 e. The van der Waals surface area contributed by atoms with Crippen molar-refractivity contribution in [2.24, 2.45) is 0 Å². The number of rotatable bonds is 11. The third kappa shape index (κ3) is 9.47. The van der Waals surface area contributed by atoms with Crippen molar-refractivity contribution in [2.45, 2.75) is 90.1 Å². The summed E-state index contributed by atoms with van der Waals surface area (Å²) in [7, 11) is 0. The monoisotopic (exact) mass is 314 g/mol. The zero-order chi connectivity index (χ0) is 16.8. The molecular weight excluding hydrogens is 280 g/mol. The maximum atomic E-state index is 10.9. The molecule has 23 heavy (non-hydrogen) atoms. The van der Waals surface area contributed by atoms with Crippen molar-refractivity contribution in [3.63, 3.8) is 0 Å². The first-order valence-corrected chi connectivity index (χ1v) is 9.46. The zero-order valence-corrected chi connectivity index (χ0v) is 15.1. The SMILES string of the molecule is CCCCCCCCC#CC(O)(CCCC)Cc1ccccc1. The lowest BCUT2D eigenvalue weighted by Gasteiger charge is -2.22. The van der Waals surface area contributed by atoms with Gasteiger partial charge in [-0.05, 0) is 24.8 Å². The summed E-state index contributed by atoms with van der Waals surface area (Å²) in [5.41, 5.74) is 0.305. The number of unbranched alkanes of at least 4 members (excludes halogenated alkanes) is 7. The molecule has 1 atom stereocenters. The molecular formula is C22H34O. The molecule has 1 heteroatoms. The van der Waals surface area contributed by atoms with Gasteiger partial charge in [0, 0.05) is 12.8 Å². The highest BCUT2D eigenvalue weighted by molar-refractivity contribution is 5.23. The number of benzene rings is 1. The fourth-order valence-electron chi connectivity index (χ4n) is 2.82. The molecule has 0 saturated heterocycles. The van der Waals surface area contributed by atoms with Crippen LogP contribution >= 0.6 is 0 Å². The van der Waals surface area contributed by atoms with E-state index in [9.17, 15) is 5.11 Å². The molecule has 0 bridgehead atoms. The van der Waals surface area contributed by atoms with E-state index in [4.69, 9.17) is 0 Å². The Labute approximate surface area is 143 Å². The molecule has 0 aliphatic rings. The van der Waals surface area contributed by atoms with E-state index in [-0.39, 0.29) is 0 Å². The van der Waals surface area contributed by atoms with E-state index >= 15 is 0 Å². The summed E-state index contributed by atoms with van der Waals surface area (Å²) in [4.78, 5) is 0. The third-order valence-corrected chi connectivity index (χ3v) is 4.26. The molecule has 0 heterocycles. The van der Waals surface area contributed by atoms with Gasteiger partial charge in [0.25, 0.3) is 0 Å². The van der Waals surface area contributed by atoms with E-state index in [2.05, 4.69) is 37.8 Å². The first-order valence-electron chi connectivity index (χ1n) is 9.46.